The van der Waals surface area contributed by atoms with Gasteiger partial charge in [0.15, 0.2) is 0 Å². The van der Waals surface area contributed by atoms with Gasteiger partial charge < -0.3 is 93.1 Å². The number of ketones is 3. The average Bonchev–Trinajstić information content (AvgIpc) is 3.76. The van der Waals surface area contributed by atoms with E-state index in [4.69, 9.17) is 67.1 Å². The van der Waals surface area contributed by atoms with Gasteiger partial charge in [0.05, 0.1) is 145 Å². The lowest BCUT2D eigenvalue weighted by Crippen LogP contribution is -2.29. The van der Waals surface area contributed by atoms with Gasteiger partial charge in [-0.3, -0.25) is 38.4 Å². The summed E-state index contributed by atoms with van der Waals surface area (Å²) in [7, 11) is 0. The largest absolute Gasteiger partial charge is 0.481 e. The van der Waals surface area contributed by atoms with Crippen LogP contribution < -0.4 is 21.3 Å². The Hall–Kier alpha value is -4.65. The summed E-state index contributed by atoms with van der Waals surface area (Å²) in [6.07, 6.45) is 17.8. The van der Waals surface area contributed by atoms with Crippen molar-refractivity contribution in [3.63, 3.8) is 0 Å². The van der Waals surface area contributed by atoms with Crippen molar-refractivity contribution in [1.82, 2.24) is 21.3 Å². The molecule has 0 fully saturated rings. The van der Waals surface area contributed by atoms with E-state index in [9.17, 15) is 43.2 Å². The van der Waals surface area contributed by atoms with Crippen molar-refractivity contribution >= 4 is 52.9 Å². The molecule has 6 N–H and O–H groups in total. The second-order valence-electron chi connectivity index (χ2n) is 22.8. The fourth-order valence-electron chi connectivity index (χ4n) is 8.74. The van der Waals surface area contributed by atoms with Crippen molar-refractivity contribution in [3.8, 4) is 0 Å². The predicted octanol–water partition coefficient (Wildman–Crippen LogP) is 6.09. The maximum atomic E-state index is 12.6. The van der Waals surface area contributed by atoms with Crippen molar-refractivity contribution < 1.29 is 110 Å². The average molecular weight is 1350 g/mol. The van der Waals surface area contributed by atoms with Crippen molar-refractivity contribution in [1.29, 1.82) is 0 Å². The molecular formula is C67H122N4O23. The van der Waals surface area contributed by atoms with E-state index in [0.29, 0.717) is 190 Å². The summed E-state index contributed by atoms with van der Waals surface area (Å²) in [6.45, 7) is 11.4. The predicted molar refractivity (Wildman–Crippen MR) is 351 cm³/mol. The first-order valence-corrected chi connectivity index (χ1v) is 34.7. The molecule has 94 heavy (non-hydrogen) atoms. The Kier molecular flexibility index (Phi) is 67.6. The molecule has 0 saturated carbocycles. The topological polar surface area (TPSA) is 353 Å². The monoisotopic (exact) mass is 1350 g/mol. The minimum absolute atomic E-state index is 0.0427. The van der Waals surface area contributed by atoms with Gasteiger partial charge in [0.2, 0.25) is 23.6 Å². The summed E-state index contributed by atoms with van der Waals surface area (Å²) < 4.78 is 67.4. The molecule has 0 radical (unpaired) electrons. The summed E-state index contributed by atoms with van der Waals surface area (Å²) >= 11 is 0. The number of carboxylic acids is 2. The number of Topliss-reactive ketones (excluding diaryl/α,β-unsaturated/α-hetero) is 3. The molecule has 0 aromatic carbocycles. The van der Waals surface area contributed by atoms with Crippen LogP contribution in [-0.4, -0.2) is 248 Å². The molecule has 548 valence electrons. The number of ether oxygens (including phenoxy) is 12. The molecule has 0 heterocycles. The molecule has 0 aromatic heterocycles. The van der Waals surface area contributed by atoms with Crippen molar-refractivity contribution in [2.75, 3.05) is 185 Å². The Balaban J connectivity index is 4.35. The van der Waals surface area contributed by atoms with Crippen LogP contribution >= 0.6 is 0 Å². The van der Waals surface area contributed by atoms with Crippen LogP contribution in [-0.2, 0) is 100.0 Å². The van der Waals surface area contributed by atoms with E-state index >= 15 is 0 Å². The van der Waals surface area contributed by atoms with E-state index in [1.165, 1.54) is 0 Å². The van der Waals surface area contributed by atoms with Crippen LogP contribution in [0.25, 0.3) is 0 Å². The maximum Gasteiger partial charge on any atom is 0.303 e. The first-order chi connectivity index (χ1) is 45.8. The lowest BCUT2D eigenvalue weighted by atomic mass is 10.1. The van der Waals surface area contributed by atoms with E-state index in [1.54, 1.807) is 6.92 Å². The number of rotatable bonds is 77. The molecule has 0 aliphatic carbocycles. The van der Waals surface area contributed by atoms with Gasteiger partial charge >= 0.3 is 11.9 Å². The molecule has 27 heteroatoms. The van der Waals surface area contributed by atoms with E-state index < -0.39 is 11.9 Å². The second kappa shape index (κ2) is 71.1. The SMILES string of the molecule is CC(=O)CCCCCCCNC(=O)CCOCCOCCOCCNC(=O)CCOCC(COCCC(=O)CCCOCCOCCOCCC(=O)NCCCCCCCC(=O)O)COCCC(=O)CCCOCCOCCOCCC(=O)NCCCCCCCC(=O)O. The number of hydrogen-bond acceptors (Lipinski definition) is 21. The van der Waals surface area contributed by atoms with Gasteiger partial charge in [0.25, 0.3) is 0 Å². The van der Waals surface area contributed by atoms with Crippen LogP contribution in [0.5, 0.6) is 0 Å². The molecule has 0 bridgehead atoms. The zero-order valence-corrected chi connectivity index (χ0v) is 57.1. The molecule has 4 amide bonds. The van der Waals surface area contributed by atoms with Crippen molar-refractivity contribution in [3.05, 3.63) is 0 Å². The molecule has 0 aromatic rings. The molecule has 0 aliphatic heterocycles. The molecule has 0 saturated heterocycles. The Morgan fingerprint density at radius 3 is 0.830 bits per heavy atom. The first-order valence-electron chi connectivity index (χ1n) is 34.7. The highest BCUT2D eigenvalue weighted by atomic mass is 16.6. The van der Waals surface area contributed by atoms with Gasteiger partial charge in [-0.05, 0) is 58.3 Å². The fourth-order valence-corrected chi connectivity index (χ4v) is 8.74. The third-order valence-electron chi connectivity index (χ3n) is 14.1. The standard InChI is InChI=1S/C67H122N4O23/c1-58(72)19-11-5-2-8-14-30-68-62(75)28-40-87-47-53-91-54-48-88-42-33-71-65(78)29-41-94-57-59(55-92-36-24-60(73)20-17-34-83-43-49-89-51-45-85-38-26-63(76)69-31-15-9-3-6-12-22-66(79)80)56-93-37-25-61(74)21-18-35-84-44-50-90-52-46-86-39-27-64(77)70-32-16-10-4-7-13-23-67(81)82/h59H,2-57H2,1H3,(H,68,75)(H,69,76)(H,70,77)(H,71,78)(H,79,80)(H,81,82). The molecule has 0 atom stereocenters. The summed E-state index contributed by atoms with van der Waals surface area (Å²) in [5.74, 6) is -1.84. The van der Waals surface area contributed by atoms with Crippen LogP contribution in [0.4, 0.5) is 0 Å². The highest BCUT2D eigenvalue weighted by Gasteiger charge is 2.14. The van der Waals surface area contributed by atoms with E-state index in [0.717, 1.165) is 83.5 Å². The molecule has 0 rings (SSSR count). The zero-order valence-electron chi connectivity index (χ0n) is 57.1. The number of carbonyl (C=O) groups is 9. The highest BCUT2D eigenvalue weighted by Crippen LogP contribution is 2.09. The molecular weight excluding hydrogens is 1230 g/mol. The summed E-state index contributed by atoms with van der Waals surface area (Å²) in [5.41, 5.74) is 0. The molecule has 0 spiro atoms. The third kappa shape index (κ3) is 73.2. The number of aliphatic carboxylic acids is 2. The van der Waals surface area contributed by atoms with E-state index in [2.05, 4.69) is 21.3 Å². The van der Waals surface area contributed by atoms with Crippen LogP contribution in [0.1, 0.15) is 187 Å². The van der Waals surface area contributed by atoms with Crippen molar-refractivity contribution in [2.45, 2.75) is 187 Å². The minimum atomic E-state index is -0.772. The fraction of sp³-hybridized carbons (Fsp3) is 0.866. The normalized spacial score (nSPS) is 11.3. The van der Waals surface area contributed by atoms with Gasteiger partial charge in [0, 0.05) is 116 Å². The summed E-state index contributed by atoms with van der Waals surface area (Å²) in [5, 5.41) is 28.8. The number of carbonyl (C=O) groups excluding carboxylic acids is 7. The van der Waals surface area contributed by atoms with Gasteiger partial charge in [-0.2, -0.15) is 0 Å². The zero-order chi connectivity index (χ0) is 68.7. The van der Waals surface area contributed by atoms with Crippen LogP contribution in [0, 0.1) is 5.92 Å². The number of amides is 4. The number of carboxylic acid groups (broad SMARTS) is 2. The first kappa shape index (κ1) is 89.3. The van der Waals surface area contributed by atoms with Gasteiger partial charge in [-0.25, -0.2) is 0 Å². The lowest BCUT2D eigenvalue weighted by Gasteiger charge is -2.18. The van der Waals surface area contributed by atoms with Crippen molar-refractivity contribution in [2.24, 2.45) is 5.92 Å². The summed E-state index contributed by atoms with van der Waals surface area (Å²) in [6, 6.07) is 0. The van der Waals surface area contributed by atoms with Gasteiger partial charge in [-0.1, -0.05) is 57.8 Å². The number of nitrogens with one attached hydrogen (secondary N) is 4. The van der Waals surface area contributed by atoms with Crippen LogP contribution in [0.3, 0.4) is 0 Å². The minimum Gasteiger partial charge on any atom is -0.481 e. The Bertz CT molecular complexity index is 1670. The van der Waals surface area contributed by atoms with E-state index in [-0.39, 0.29) is 138 Å². The summed E-state index contributed by atoms with van der Waals surface area (Å²) in [4.78, 5) is 106. The Morgan fingerprint density at radius 2 is 0.500 bits per heavy atom. The quantitative estimate of drug-likeness (QED) is 0.0375. The Morgan fingerprint density at radius 1 is 0.245 bits per heavy atom. The third-order valence-corrected chi connectivity index (χ3v) is 14.1. The highest BCUT2D eigenvalue weighted by molar-refractivity contribution is 5.79. The van der Waals surface area contributed by atoms with Gasteiger partial charge in [-0.15, -0.1) is 0 Å². The molecule has 27 nitrogen and oxygen atoms in total. The number of hydrogen-bond donors (Lipinski definition) is 6. The second-order valence-corrected chi connectivity index (χ2v) is 22.8. The molecule has 0 aliphatic rings. The maximum absolute atomic E-state index is 12.6. The Labute approximate surface area is 559 Å². The lowest BCUT2D eigenvalue weighted by molar-refractivity contribution is -0.138. The van der Waals surface area contributed by atoms with E-state index in [1.807, 2.05) is 0 Å². The smallest absolute Gasteiger partial charge is 0.303 e. The molecule has 0 unspecified atom stereocenters. The van der Waals surface area contributed by atoms with Crippen LogP contribution in [0.2, 0.25) is 0 Å². The van der Waals surface area contributed by atoms with Gasteiger partial charge in [0.1, 0.15) is 17.3 Å². The van der Waals surface area contributed by atoms with Crippen LogP contribution in [0.15, 0.2) is 0 Å². The number of unbranched alkanes of at least 4 members (excludes halogenated alkanes) is 12.